The first kappa shape index (κ1) is 10.7. The molecule has 0 radical (unpaired) electrons. The van der Waals surface area contributed by atoms with E-state index in [4.69, 9.17) is 0 Å². The Morgan fingerprint density at radius 3 is 3.00 bits per heavy atom. The van der Waals surface area contributed by atoms with E-state index in [9.17, 15) is 9.59 Å². The van der Waals surface area contributed by atoms with E-state index in [2.05, 4.69) is 15.6 Å². The minimum Gasteiger partial charge on any atom is -0.358 e. The Kier molecular flexibility index (Phi) is 2.89. The van der Waals surface area contributed by atoms with Crippen molar-refractivity contribution in [1.82, 2.24) is 14.9 Å². The average Bonchev–Trinajstić information content (AvgIpc) is 3.11. The lowest BCUT2D eigenvalue weighted by Gasteiger charge is -2.07. The first-order valence-corrected chi connectivity index (χ1v) is 5.24. The molecular formula is C10H14N4O2. The summed E-state index contributed by atoms with van der Waals surface area (Å²) in [5.74, 6) is 0.0565. The van der Waals surface area contributed by atoms with Gasteiger partial charge in [0.05, 0.1) is 6.54 Å². The zero-order valence-electron chi connectivity index (χ0n) is 9.06. The molecule has 86 valence electrons. The van der Waals surface area contributed by atoms with Gasteiger partial charge >= 0.3 is 0 Å². The molecule has 0 aliphatic heterocycles. The van der Waals surface area contributed by atoms with Gasteiger partial charge in [-0.2, -0.15) is 0 Å². The van der Waals surface area contributed by atoms with Gasteiger partial charge in [-0.3, -0.25) is 9.59 Å². The van der Waals surface area contributed by atoms with E-state index in [1.54, 1.807) is 24.0 Å². The summed E-state index contributed by atoms with van der Waals surface area (Å²) >= 11 is 0. The van der Waals surface area contributed by atoms with Crippen LogP contribution in [0.4, 0.5) is 5.82 Å². The fourth-order valence-corrected chi connectivity index (χ4v) is 1.44. The number of nitrogens with one attached hydrogen (secondary N) is 2. The molecule has 6 heteroatoms. The van der Waals surface area contributed by atoms with E-state index >= 15 is 0 Å². The molecule has 1 aliphatic carbocycles. The maximum Gasteiger partial charge on any atom is 0.293 e. The quantitative estimate of drug-likeness (QED) is 0.735. The normalized spacial score (nSPS) is 14.6. The second-order valence-corrected chi connectivity index (χ2v) is 3.75. The van der Waals surface area contributed by atoms with Gasteiger partial charge < -0.3 is 15.2 Å². The Hall–Kier alpha value is -1.85. The van der Waals surface area contributed by atoms with Gasteiger partial charge in [-0.05, 0) is 12.8 Å². The largest absolute Gasteiger partial charge is 0.358 e. The van der Waals surface area contributed by atoms with Crippen molar-refractivity contribution in [2.24, 2.45) is 0 Å². The lowest BCUT2D eigenvalue weighted by molar-refractivity contribution is -0.118. The molecule has 1 aliphatic rings. The molecule has 1 amide bonds. The predicted octanol–water partition coefficient (Wildman–Crippen LogP) is -0.264. The van der Waals surface area contributed by atoms with Gasteiger partial charge in [0.25, 0.3) is 5.56 Å². The Bertz CT molecular complexity index is 450. The van der Waals surface area contributed by atoms with Crippen molar-refractivity contribution in [3.05, 3.63) is 22.7 Å². The third-order valence-electron chi connectivity index (χ3n) is 2.50. The van der Waals surface area contributed by atoms with Crippen LogP contribution in [0.15, 0.2) is 17.2 Å². The standard InChI is InChI=1S/C10H14N4O2/c1-11-8(15)6-13-9-10(16)14(5-4-12-9)7-2-3-7/h4-5,7H,2-3,6H2,1H3,(H,11,15)(H,12,13). The van der Waals surface area contributed by atoms with Crippen molar-refractivity contribution in [2.75, 3.05) is 18.9 Å². The number of amides is 1. The zero-order chi connectivity index (χ0) is 11.5. The zero-order valence-corrected chi connectivity index (χ0v) is 9.06. The number of anilines is 1. The van der Waals surface area contributed by atoms with E-state index < -0.39 is 0 Å². The minimum atomic E-state index is -0.178. The maximum absolute atomic E-state index is 11.9. The fraction of sp³-hybridized carbons (Fsp3) is 0.500. The molecule has 0 spiro atoms. The molecule has 0 aromatic carbocycles. The number of hydrogen-bond acceptors (Lipinski definition) is 4. The number of carbonyl (C=O) groups excluding carboxylic acids is 1. The number of nitrogens with zero attached hydrogens (tertiary/aromatic N) is 2. The number of carbonyl (C=O) groups is 1. The Labute approximate surface area is 92.7 Å². The molecule has 0 saturated heterocycles. The van der Waals surface area contributed by atoms with Gasteiger partial charge in [0.1, 0.15) is 0 Å². The van der Waals surface area contributed by atoms with Crippen molar-refractivity contribution in [3.8, 4) is 0 Å². The van der Waals surface area contributed by atoms with E-state index in [1.165, 1.54) is 0 Å². The van der Waals surface area contributed by atoms with Crippen LogP contribution >= 0.6 is 0 Å². The second-order valence-electron chi connectivity index (χ2n) is 3.75. The predicted molar refractivity (Wildman–Crippen MR) is 59.3 cm³/mol. The van der Waals surface area contributed by atoms with Gasteiger partial charge in [0.15, 0.2) is 5.82 Å². The van der Waals surface area contributed by atoms with Gasteiger partial charge in [0.2, 0.25) is 5.91 Å². The van der Waals surface area contributed by atoms with Gasteiger partial charge in [-0.15, -0.1) is 0 Å². The van der Waals surface area contributed by atoms with Crippen LogP contribution in [0.5, 0.6) is 0 Å². The van der Waals surface area contributed by atoms with Crippen molar-refractivity contribution < 1.29 is 4.79 Å². The second kappa shape index (κ2) is 4.34. The smallest absolute Gasteiger partial charge is 0.293 e. The topological polar surface area (TPSA) is 76.0 Å². The highest BCUT2D eigenvalue weighted by Gasteiger charge is 2.25. The van der Waals surface area contributed by atoms with Crippen molar-refractivity contribution >= 4 is 11.7 Å². The van der Waals surface area contributed by atoms with Crippen LogP contribution in [-0.4, -0.2) is 29.1 Å². The summed E-state index contributed by atoms with van der Waals surface area (Å²) in [6, 6.07) is 0.316. The third-order valence-corrected chi connectivity index (χ3v) is 2.50. The lowest BCUT2D eigenvalue weighted by Crippen LogP contribution is -2.30. The van der Waals surface area contributed by atoms with Crippen LogP contribution < -0.4 is 16.2 Å². The average molecular weight is 222 g/mol. The summed E-state index contributed by atoms with van der Waals surface area (Å²) in [5.41, 5.74) is -0.158. The maximum atomic E-state index is 11.9. The highest BCUT2D eigenvalue weighted by atomic mass is 16.2. The summed E-state index contributed by atoms with van der Waals surface area (Å²) in [4.78, 5) is 26.8. The van der Waals surface area contributed by atoms with Crippen molar-refractivity contribution in [3.63, 3.8) is 0 Å². The molecule has 1 heterocycles. The van der Waals surface area contributed by atoms with Gasteiger partial charge in [-0.1, -0.05) is 0 Å². The van der Waals surface area contributed by atoms with Gasteiger partial charge in [-0.25, -0.2) is 4.98 Å². The van der Waals surface area contributed by atoms with Crippen LogP contribution in [0, 0.1) is 0 Å². The summed E-state index contributed by atoms with van der Waals surface area (Å²) in [6.45, 7) is 0.0629. The van der Waals surface area contributed by atoms with Crippen LogP contribution in [0.2, 0.25) is 0 Å². The minimum absolute atomic E-state index is 0.0629. The third kappa shape index (κ3) is 2.21. The molecule has 1 saturated carbocycles. The molecule has 2 N–H and O–H groups in total. The van der Waals surface area contributed by atoms with Crippen LogP contribution in [0.3, 0.4) is 0 Å². The molecule has 2 rings (SSSR count). The number of aromatic nitrogens is 2. The first-order chi connectivity index (χ1) is 7.72. The first-order valence-electron chi connectivity index (χ1n) is 5.24. The fourth-order valence-electron chi connectivity index (χ4n) is 1.44. The van der Waals surface area contributed by atoms with Crippen LogP contribution in [0.1, 0.15) is 18.9 Å². The molecular weight excluding hydrogens is 208 g/mol. The molecule has 1 fully saturated rings. The number of likely N-dealkylation sites (N-methyl/N-ethyl adjacent to an activating group) is 1. The SMILES string of the molecule is CNC(=O)CNc1nccn(C2CC2)c1=O. The summed E-state index contributed by atoms with van der Waals surface area (Å²) in [6.07, 6.45) is 5.34. The summed E-state index contributed by atoms with van der Waals surface area (Å²) < 4.78 is 1.67. The van der Waals surface area contributed by atoms with Crippen LogP contribution in [-0.2, 0) is 4.79 Å². The molecule has 6 nitrogen and oxygen atoms in total. The summed E-state index contributed by atoms with van der Waals surface area (Å²) in [7, 11) is 1.55. The highest BCUT2D eigenvalue weighted by Crippen LogP contribution is 2.33. The molecule has 0 atom stereocenters. The molecule has 1 aromatic heterocycles. The molecule has 16 heavy (non-hydrogen) atoms. The number of hydrogen-bond donors (Lipinski definition) is 2. The van der Waals surface area contributed by atoms with Crippen molar-refractivity contribution in [1.29, 1.82) is 0 Å². The van der Waals surface area contributed by atoms with Crippen LogP contribution in [0.25, 0.3) is 0 Å². The molecule has 0 unspecified atom stereocenters. The molecule has 0 bridgehead atoms. The Balaban J connectivity index is 2.12. The van der Waals surface area contributed by atoms with E-state index in [-0.39, 0.29) is 23.8 Å². The highest BCUT2D eigenvalue weighted by molar-refractivity contribution is 5.79. The molecule has 1 aromatic rings. The Morgan fingerprint density at radius 1 is 1.62 bits per heavy atom. The lowest BCUT2D eigenvalue weighted by atomic mass is 10.5. The Morgan fingerprint density at radius 2 is 2.38 bits per heavy atom. The van der Waals surface area contributed by atoms with E-state index in [1.807, 2.05) is 0 Å². The summed E-state index contributed by atoms with van der Waals surface area (Å²) in [5, 5.41) is 5.20. The number of rotatable bonds is 4. The monoisotopic (exact) mass is 222 g/mol. The van der Waals surface area contributed by atoms with E-state index in [0.29, 0.717) is 6.04 Å². The van der Waals surface area contributed by atoms with Gasteiger partial charge in [0, 0.05) is 25.5 Å². The van der Waals surface area contributed by atoms with E-state index in [0.717, 1.165) is 12.8 Å². The van der Waals surface area contributed by atoms with Crippen molar-refractivity contribution in [2.45, 2.75) is 18.9 Å².